The number of sulfonamides is 1. The quantitative estimate of drug-likeness (QED) is 0.557. The van der Waals surface area contributed by atoms with Gasteiger partial charge in [-0.1, -0.05) is 0 Å². The van der Waals surface area contributed by atoms with Crippen LogP contribution < -0.4 is 4.72 Å². The molecule has 0 aliphatic rings. The molecule has 0 amide bonds. The number of hydrogen-bond donors (Lipinski definition) is 1. The van der Waals surface area contributed by atoms with Crippen molar-refractivity contribution in [1.82, 2.24) is 4.72 Å². The summed E-state index contributed by atoms with van der Waals surface area (Å²) in [6, 6.07) is 0. The van der Waals surface area contributed by atoms with Gasteiger partial charge in [-0.3, -0.25) is 0 Å². The van der Waals surface area contributed by atoms with E-state index >= 15 is 0 Å². The first kappa shape index (κ1) is 8.87. The summed E-state index contributed by atoms with van der Waals surface area (Å²) < 4.78 is 27.7. The molecule has 0 aromatic carbocycles. The Bertz CT molecular complexity index is 163. The van der Waals surface area contributed by atoms with Gasteiger partial charge in [0.2, 0.25) is 10.0 Å². The van der Waals surface area contributed by atoms with E-state index in [0.717, 1.165) is 6.26 Å². The maximum atomic E-state index is 10.4. The first-order valence-electron chi connectivity index (χ1n) is 2.46. The van der Waals surface area contributed by atoms with Gasteiger partial charge in [-0.05, 0) is 6.92 Å². The number of hydrogen-bond acceptors (Lipinski definition) is 3. The predicted molar refractivity (Wildman–Crippen MR) is 34.5 cm³/mol. The van der Waals surface area contributed by atoms with Crippen LogP contribution in [0.15, 0.2) is 0 Å². The van der Waals surface area contributed by atoms with E-state index in [1.165, 1.54) is 7.11 Å². The molecule has 1 N–H and O–H groups in total. The first-order chi connectivity index (χ1) is 3.95. The van der Waals surface area contributed by atoms with Crippen LogP contribution in [0.25, 0.3) is 0 Å². The Morgan fingerprint density at radius 2 is 2.00 bits per heavy atom. The van der Waals surface area contributed by atoms with E-state index in [4.69, 9.17) is 0 Å². The molecular formula is C4H11NO3S. The summed E-state index contributed by atoms with van der Waals surface area (Å²) in [6.07, 6.45) is 0.641. The van der Waals surface area contributed by atoms with E-state index in [0.29, 0.717) is 0 Å². The van der Waals surface area contributed by atoms with Gasteiger partial charge < -0.3 is 4.74 Å². The Morgan fingerprint density at radius 1 is 1.56 bits per heavy atom. The first-order valence-corrected chi connectivity index (χ1v) is 4.35. The van der Waals surface area contributed by atoms with Gasteiger partial charge in [0.1, 0.15) is 6.23 Å². The lowest BCUT2D eigenvalue weighted by atomic mass is 10.7. The summed E-state index contributed by atoms with van der Waals surface area (Å²) in [7, 11) is -1.68. The summed E-state index contributed by atoms with van der Waals surface area (Å²) in [5.74, 6) is 0. The van der Waals surface area contributed by atoms with Crippen molar-refractivity contribution in [3.8, 4) is 0 Å². The van der Waals surface area contributed by atoms with Crippen LogP contribution >= 0.6 is 0 Å². The number of nitrogens with one attached hydrogen (secondary N) is 1. The molecular weight excluding hydrogens is 142 g/mol. The zero-order valence-corrected chi connectivity index (χ0v) is 6.53. The number of methoxy groups -OCH3 is 1. The molecule has 0 spiro atoms. The van der Waals surface area contributed by atoms with Crippen molar-refractivity contribution in [2.45, 2.75) is 13.2 Å². The monoisotopic (exact) mass is 153 g/mol. The molecule has 0 saturated carbocycles. The molecule has 0 saturated heterocycles. The molecule has 5 heteroatoms. The van der Waals surface area contributed by atoms with Crippen LogP contribution in [0.3, 0.4) is 0 Å². The molecule has 0 aliphatic heterocycles. The van der Waals surface area contributed by atoms with Gasteiger partial charge in [0.05, 0.1) is 6.26 Å². The second kappa shape index (κ2) is 3.14. The lowest BCUT2D eigenvalue weighted by molar-refractivity contribution is 0.110. The molecule has 9 heavy (non-hydrogen) atoms. The van der Waals surface area contributed by atoms with Crippen LogP contribution in [0.5, 0.6) is 0 Å². The number of rotatable bonds is 3. The Morgan fingerprint density at radius 3 is 2.11 bits per heavy atom. The molecule has 1 unspecified atom stereocenters. The van der Waals surface area contributed by atoms with Crippen molar-refractivity contribution in [1.29, 1.82) is 0 Å². The fraction of sp³-hybridized carbons (Fsp3) is 1.00. The van der Waals surface area contributed by atoms with Crippen LogP contribution in [0.4, 0.5) is 0 Å². The molecule has 0 aliphatic carbocycles. The summed E-state index contributed by atoms with van der Waals surface area (Å²) in [5.41, 5.74) is 0. The normalized spacial score (nSPS) is 15.4. The second-order valence-electron chi connectivity index (χ2n) is 1.77. The van der Waals surface area contributed by atoms with Gasteiger partial charge in [-0.25, -0.2) is 8.42 Å². The minimum Gasteiger partial charge on any atom is -0.366 e. The third-order valence-corrected chi connectivity index (χ3v) is 1.49. The summed E-state index contributed by atoms with van der Waals surface area (Å²) in [5, 5.41) is 0. The zero-order chi connectivity index (χ0) is 7.49. The average molecular weight is 153 g/mol. The average Bonchev–Trinajstić information content (AvgIpc) is 1.62. The van der Waals surface area contributed by atoms with E-state index in [-0.39, 0.29) is 0 Å². The van der Waals surface area contributed by atoms with Crippen molar-refractivity contribution in [2.75, 3.05) is 13.4 Å². The topological polar surface area (TPSA) is 55.4 Å². The zero-order valence-electron chi connectivity index (χ0n) is 5.71. The maximum absolute atomic E-state index is 10.4. The van der Waals surface area contributed by atoms with Crippen molar-refractivity contribution in [2.24, 2.45) is 0 Å². The van der Waals surface area contributed by atoms with Crippen LogP contribution in [-0.2, 0) is 14.8 Å². The Hall–Kier alpha value is -0.130. The highest BCUT2D eigenvalue weighted by atomic mass is 32.2. The fourth-order valence-electron chi connectivity index (χ4n) is 0.350. The summed E-state index contributed by atoms with van der Waals surface area (Å²) >= 11 is 0. The molecule has 0 bridgehead atoms. The van der Waals surface area contributed by atoms with Crippen LogP contribution in [0, 0.1) is 0 Å². The highest BCUT2D eigenvalue weighted by molar-refractivity contribution is 7.88. The van der Waals surface area contributed by atoms with Gasteiger partial charge in [0.25, 0.3) is 0 Å². The van der Waals surface area contributed by atoms with Gasteiger partial charge in [0, 0.05) is 7.11 Å². The molecule has 4 nitrogen and oxygen atoms in total. The fourth-order valence-corrected chi connectivity index (χ4v) is 1.05. The second-order valence-corrected chi connectivity index (χ2v) is 3.55. The van der Waals surface area contributed by atoms with Gasteiger partial charge in [-0.2, -0.15) is 4.72 Å². The smallest absolute Gasteiger partial charge is 0.210 e. The van der Waals surface area contributed by atoms with E-state index in [1.807, 2.05) is 0 Å². The van der Waals surface area contributed by atoms with Gasteiger partial charge in [-0.15, -0.1) is 0 Å². The molecule has 56 valence electrons. The maximum Gasteiger partial charge on any atom is 0.210 e. The minimum atomic E-state index is -3.11. The molecule has 0 fully saturated rings. The Balaban J connectivity index is 3.75. The SMILES string of the molecule is COC(C)NS(C)(=O)=O. The third kappa shape index (κ3) is 5.75. The highest BCUT2D eigenvalue weighted by Crippen LogP contribution is 1.83. The third-order valence-electron chi connectivity index (χ3n) is 0.734. The number of ether oxygens (including phenoxy) is 1. The minimum absolute atomic E-state index is 0.444. The molecule has 0 rings (SSSR count). The van der Waals surface area contributed by atoms with Crippen LogP contribution in [0.2, 0.25) is 0 Å². The molecule has 0 heterocycles. The highest BCUT2D eigenvalue weighted by Gasteiger charge is 2.04. The molecule has 0 aromatic heterocycles. The summed E-state index contributed by atoms with van der Waals surface area (Å²) in [6.45, 7) is 1.61. The van der Waals surface area contributed by atoms with E-state index in [2.05, 4.69) is 9.46 Å². The Labute approximate surface area is 55.3 Å². The molecule has 0 aromatic rings. The van der Waals surface area contributed by atoms with E-state index in [9.17, 15) is 8.42 Å². The van der Waals surface area contributed by atoms with Gasteiger partial charge >= 0.3 is 0 Å². The summed E-state index contributed by atoms with van der Waals surface area (Å²) in [4.78, 5) is 0. The van der Waals surface area contributed by atoms with Crippen molar-refractivity contribution in [3.63, 3.8) is 0 Å². The predicted octanol–water partition coefficient (Wildman–Crippen LogP) is -0.472. The van der Waals surface area contributed by atoms with Crippen molar-refractivity contribution >= 4 is 10.0 Å². The lowest BCUT2D eigenvalue weighted by Crippen LogP contribution is -2.32. The van der Waals surface area contributed by atoms with E-state index in [1.54, 1.807) is 6.92 Å². The van der Waals surface area contributed by atoms with Crippen LogP contribution in [0.1, 0.15) is 6.92 Å². The Kier molecular flexibility index (Phi) is 3.10. The largest absolute Gasteiger partial charge is 0.366 e. The standard InChI is InChI=1S/C4H11NO3S/c1-4(8-2)5-9(3,6)7/h4-5H,1-3H3. The molecule has 0 radical (unpaired) electrons. The molecule has 1 atom stereocenters. The van der Waals surface area contributed by atoms with Gasteiger partial charge in [0.15, 0.2) is 0 Å². The van der Waals surface area contributed by atoms with Crippen LogP contribution in [-0.4, -0.2) is 28.0 Å². The lowest BCUT2D eigenvalue weighted by Gasteiger charge is -2.08. The van der Waals surface area contributed by atoms with E-state index < -0.39 is 16.3 Å². The van der Waals surface area contributed by atoms with Crippen molar-refractivity contribution in [3.05, 3.63) is 0 Å². The van der Waals surface area contributed by atoms with Crippen molar-refractivity contribution < 1.29 is 13.2 Å².